The van der Waals surface area contributed by atoms with Crippen molar-refractivity contribution in [2.24, 2.45) is 5.92 Å². The van der Waals surface area contributed by atoms with Gasteiger partial charge in [-0.3, -0.25) is 4.79 Å². The molecule has 5 unspecified atom stereocenters. The monoisotopic (exact) mass is 375 g/mol. The lowest BCUT2D eigenvalue weighted by Gasteiger charge is -2.48. The van der Waals surface area contributed by atoms with E-state index >= 15 is 0 Å². The van der Waals surface area contributed by atoms with Crippen molar-refractivity contribution in [1.29, 1.82) is 0 Å². The normalized spacial score (nSPS) is 33.6. The number of amides is 1. The number of terminal acetylenes is 1. The van der Waals surface area contributed by atoms with Gasteiger partial charge < -0.3 is 40.3 Å². The van der Waals surface area contributed by atoms with Crippen molar-refractivity contribution < 1.29 is 44.6 Å². The van der Waals surface area contributed by atoms with E-state index in [4.69, 9.17) is 16.3 Å². The van der Waals surface area contributed by atoms with E-state index < -0.39 is 60.6 Å². The van der Waals surface area contributed by atoms with E-state index in [9.17, 15) is 30.0 Å². The summed E-state index contributed by atoms with van der Waals surface area (Å²) in [5.74, 6) is -3.40. The van der Waals surface area contributed by atoms with Crippen LogP contribution >= 0.6 is 0 Å². The number of methoxy groups -OCH3 is 1. The van der Waals surface area contributed by atoms with Crippen molar-refractivity contribution >= 4 is 11.9 Å². The number of carbonyl (C=O) groups excluding carboxylic acids is 2. The molecule has 1 saturated heterocycles. The molecule has 6 N–H and O–H groups in total. The molecule has 0 aromatic rings. The Bertz CT molecular complexity index is 548. The fraction of sp³-hybridized carbons (Fsp3) is 0.750. The van der Waals surface area contributed by atoms with Crippen LogP contribution in [-0.2, 0) is 19.1 Å². The minimum absolute atomic E-state index is 0.0687. The lowest BCUT2D eigenvalue weighted by Crippen LogP contribution is -2.71. The van der Waals surface area contributed by atoms with Crippen molar-refractivity contribution in [2.45, 2.75) is 56.0 Å². The van der Waals surface area contributed by atoms with Gasteiger partial charge in [0.05, 0.1) is 25.9 Å². The maximum absolute atomic E-state index is 12.0. The van der Waals surface area contributed by atoms with Gasteiger partial charge in [0.2, 0.25) is 5.91 Å². The molecule has 148 valence electrons. The van der Waals surface area contributed by atoms with Crippen LogP contribution in [0.15, 0.2) is 0 Å². The third-order valence-corrected chi connectivity index (χ3v) is 4.39. The predicted octanol–water partition coefficient (Wildman–Crippen LogP) is -3.14. The first-order valence-corrected chi connectivity index (χ1v) is 8.00. The Kier molecular flexibility index (Phi) is 7.95. The summed E-state index contributed by atoms with van der Waals surface area (Å²) in [6.07, 6.45) is -1.58. The minimum atomic E-state index is -2.63. The van der Waals surface area contributed by atoms with Gasteiger partial charge >= 0.3 is 5.97 Å². The van der Waals surface area contributed by atoms with Crippen molar-refractivity contribution in [1.82, 2.24) is 5.32 Å². The van der Waals surface area contributed by atoms with E-state index in [2.05, 4.69) is 16.0 Å². The Morgan fingerprint density at radius 3 is 2.54 bits per heavy atom. The van der Waals surface area contributed by atoms with Crippen molar-refractivity contribution in [3.8, 4) is 12.3 Å². The Labute approximate surface area is 150 Å². The highest BCUT2D eigenvalue weighted by Crippen LogP contribution is 2.35. The van der Waals surface area contributed by atoms with Crippen LogP contribution in [0.3, 0.4) is 0 Å². The van der Waals surface area contributed by atoms with Gasteiger partial charge in [0.25, 0.3) is 5.79 Å². The molecule has 1 amide bonds. The topological polar surface area (TPSA) is 166 Å². The Morgan fingerprint density at radius 1 is 1.42 bits per heavy atom. The Morgan fingerprint density at radius 2 is 2.04 bits per heavy atom. The van der Waals surface area contributed by atoms with Gasteiger partial charge in [-0.15, -0.1) is 12.3 Å². The van der Waals surface area contributed by atoms with Gasteiger partial charge in [0, 0.05) is 18.8 Å². The summed E-state index contributed by atoms with van der Waals surface area (Å²) in [5, 5.41) is 52.3. The number of aliphatic hydroxyl groups is 5. The van der Waals surface area contributed by atoms with E-state index in [0.29, 0.717) is 0 Å². The Hall–Kier alpha value is -1.74. The zero-order chi connectivity index (χ0) is 20.1. The number of esters is 1. The van der Waals surface area contributed by atoms with Gasteiger partial charge in [-0.05, 0) is 0 Å². The van der Waals surface area contributed by atoms with Crippen molar-refractivity contribution in [3.05, 3.63) is 0 Å². The van der Waals surface area contributed by atoms with Crippen molar-refractivity contribution in [2.75, 3.05) is 13.7 Å². The average Bonchev–Trinajstić information content (AvgIpc) is 2.64. The summed E-state index contributed by atoms with van der Waals surface area (Å²) in [6, 6.07) is -1.29. The third-order valence-electron chi connectivity index (χ3n) is 4.39. The number of ether oxygens (including phenoxy) is 2. The van der Waals surface area contributed by atoms with E-state index in [1.807, 2.05) is 0 Å². The first-order chi connectivity index (χ1) is 12.1. The molecule has 10 nitrogen and oxygen atoms in total. The fourth-order valence-corrected chi connectivity index (χ4v) is 2.73. The molecule has 0 aromatic carbocycles. The summed E-state index contributed by atoms with van der Waals surface area (Å²) in [4.78, 5) is 23.9. The molecular formula is C16H25NO9. The van der Waals surface area contributed by atoms with Gasteiger partial charge in [0.15, 0.2) is 0 Å². The average molecular weight is 375 g/mol. The summed E-state index contributed by atoms with van der Waals surface area (Å²) in [6.45, 7) is 0.425. The van der Waals surface area contributed by atoms with Crippen molar-refractivity contribution in [3.63, 3.8) is 0 Å². The van der Waals surface area contributed by atoms with Crippen LogP contribution < -0.4 is 5.32 Å². The first-order valence-electron chi connectivity index (χ1n) is 8.00. The highest BCUT2D eigenvalue weighted by atomic mass is 16.7. The molecular weight excluding hydrogens is 350 g/mol. The zero-order valence-corrected chi connectivity index (χ0v) is 14.5. The van der Waals surface area contributed by atoms with Crippen LogP contribution in [0, 0.1) is 18.3 Å². The highest BCUT2D eigenvalue weighted by molar-refractivity contribution is 5.79. The maximum atomic E-state index is 12.0. The SMILES string of the molecule is C#CCCC(=O)NC1C(O)C(C)C(O)(C(=O)OC)OC1[C@H](O)[C@H](O)CO. The van der Waals surface area contributed by atoms with Crippen LogP contribution in [0.25, 0.3) is 0 Å². The second-order valence-electron chi connectivity index (χ2n) is 6.09. The van der Waals surface area contributed by atoms with E-state index in [1.165, 1.54) is 6.92 Å². The lowest BCUT2D eigenvalue weighted by molar-refractivity contribution is -0.318. The largest absolute Gasteiger partial charge is 0.465 e. The second kappa shape index (κ2) is 9.27. The summed E-state index contributed by atoms with van der Waals surface area (Å²) in [7, 11) is 0.991. The van der Waals surface area contributed by atoms with Gasteiger partial charge in [0.1, 0.15) is 18.3 Å². The number of hydrogen-bond donors (Lipinski definition) is 6. The number of carbonyl (C=O) groups is 2. The standard InChI is InChI=1S/C16H25NO9/c1-4-5-6-10(20)17-11-12(21)8(2)16(24,15(23)25-3)26-14(11)13(22)9(19)7-18/h1,8-9,11-14,18-19,21-22,24H,5-7H2,2-3H3,(H,17,20)/t8?,9-,11?,12?,13-,14?,16?/m1/s1. The molecule has 1 fully saturated rings. The van der Waals surface area contributed by atoms with E-state index in [0.717, 1.165) is 7.11 Å². The molecule has 0 radical (unpaired) electrons. The molecule has 1 rings (SSSR count). The molecule has 1 aliphatic rings. The van der Waals surface area contributed by atoms with E-state index in [1.54, 1.807) is 0 Å². The number of rotatable bonds is 7. The molecule has 0 saturated carbocycles. The van der Waals surface area contributed by atoms with Crippen LogP contribution in [0.5, 0.6) is 0 Å². The highest BCUT2D eigenvalue weighted by Gasteiger charge is 2.59. The molecule has 1 aliphatic heterocycles. The molecule has 10 heteroatoms. The minimum Gasteiger partial charge on any atom is -0.465 e. The molecule has 0 spiro atoms. The molecule has 1 heterocycles. The smallest absolute Gasteiger partial charge is 0.366 e. The zero-order valence-electron chi connectivity index (χ0n) is 14.5. The quantitative estimate of drug-likeness (QED) is 0.199. The van der Waals surface area contributed by atoms with Gasteiger partial charge in [-0.25, -0.2) is 4.79 Å². The van der Waals surface area contributed by atoms with Crippen LogP contribution in [0.2, 0.25) is 0 Å². The summed E-state index contributed by atoms with van der Waals surface area (Å²) < 4.78 is 9.72. The maximum Gasteiger partial charge on any atom is 0.366 e. The summed E-state index contributed by atoms with van der Waals surface area (Å²) >= 11 is 0. The molecule has 0 aliphatic carbocycles. The fourth-order valence-electron chi connectivity index (χ4n) is 2.73. The molecule has 26 heavy (non-hydrogen) atoms. The van der Waals surface area contributed by atoms with Crippen LogP contribution in [-0.4, -0.2) is 87.4 Å². The second-order valence-corrected chi connectivity index (χ2v) is 6.09. The predicted molar refractivity (Wildman–Crippen MR) is 86.1 cm³/mol. The van der Waals surface area contributed by atoms with Gasteiger partial charge in [-0.2, -0.15) is 0 Å². The molecule has 0 aromatic heterocycles. The van der Waals surface area contributed by atoms with Gasteiger partial charge in [-0.1, -0.05) is 6.92 Å². The van der Waals surface area contributed by atoms with Crippen LogP contribution in [0.1, 0.15) is 19.8 Å². The van der Waals surface area contributed by atoms with E-state index in [-0.39, 0.29) is 12.8 Å². The summed E-state index contributed by atoms with van der Waals surface area (Å²) in [5.41, 5.74) is 0. The Balaban J connectivity index is 3.18. The number of nitrogens with one attached hydrogen (secondary N) is 1. The lowest BCUT2D eigenvalue weighted by atomic mass is 9.81. The number of hydrogen-bond acceptors (Lipinski definition) is 9. The van der Waals surface area contributed by atoms with Crippen LogP contribution in [0.4, 0.5) is 0 Å². The first kappa shape index (κ1) is 22.3. The molecule has 7 atom stereocenters. The number of aliphatic hydroxyl groups excluding tert-OH is 4. The third kappa shape index (κ3) is 4.50. The molecule has 0 bridgehead atoms.